The zero-order valence-electron chi connectivity index (χ0n) is 9.70. The van der Waals surface area contributed by atoms with Crippen molar-refractivity contribution in [1.29, 1.82) is 0 Å². The van der Waals surface area contributed by atoms with Gasteiger partial charge in [-0.25, -0.2) is 18.5 Å². The molecule has 19 heavy (non-hydrogen) atoms. The molecule has 0 bridgehead atoms. The lowest BCUT2D eigenvalue weighted by atomic mass is 10.2. The van der Waals surface area contributed by atoms with E-state index in [1.807, 2.05) is 0 Å². The highest BCUT2D eigenvalue weighted by Crippen LogP contribution is 2.09. The van der Waals surface area contributed by atoms with Crippen molar-refractivity contribution in [2.24, 2.45) is 5.14 Å². The molecule has 2 aromatic rings. The van der Waals surface area contributed by atoms with Gasteiger partial charge in [0.05, 0.1) is 4.90 Å². The van der Waals surface area contributed by atoms with Crippen molar-refractivity contribution in [2.75, 3.05) is 0 Å². The first-order valence-electron chi connectivity index (χ1n) is 5.22. The van der Waals surface area contributed by atoms with Crippen molar-refractivity contribution in [2.45, 2.75) is 11.4 Å². The van der Waals surface area contributed by atoms with Crippen LogP contribution in [-0.4, -0.2) is 29.5 Å². The number of amides is 1. The summed E-state index contributed by atoms with van der Waals surface area (Å²) in [5, 5.41) is 13.6. The van der Waals surface area contributed by atoms with Crippen molar-refractivity contribution in [3.63, 3.8) is 0 Å². The molecule has 9 heteroatoms. The van der Waals surface area contributed by atoms with Gasteiger partial charge in [0.2, 0.25) is 15.8 Å². The molecule has 0 spiro atoms. The summed E-state index contributed by atoms with van der Waals surface area (Å²) in [4.78, 5) is 15.3. The molecule has 100 valence electrons. The van der Waals surface area contributed by atoms with Gasteiger partial charge in [-0.05, 0) is 17.7 Å². The van der Waals surface area contributed by atoms with Crippen molar-refractivity contribution >= 4 is 15.9 Å². The molecule has 1 aromatic carbocycles. The van der Waals surface area contributed by atoms with Crippen LogP contribution in [0.5, 0.6) is 0 Å². The number of nitrogens with two attached hydrogens (primary N) is 1. The number of carbonyl (C=O) groups is 1. The monoisotopic (exact) mass is 281 g/mol. The zero-order chi connectivity index (χ0) is 13.9. The van der Waals surface area contributed by atoms with E-state index in [1.165, 1.54) is 18.5 Å². The van der Waals surface area contributed by atoms with Crippen LogP contribution in [0.4, 0.5) is 0 Å². The number of hydrogen-bond donors (Lipinski definition) is 3. The van der Waals surface area contributed by atoms with Gasteiger partial charge in [0.25, 0.3) is 5.91 Å². The Balaban J connectivity index is 2.06. The number of aromatic nitrogens is 3. The maximum Gasteiger partial charge on any atom is 0.288 e. The Bertz CT molecular complexity index is 681. The number of nitrogens with zero attached hydrogens (tertiary/aromatic N) is 2. The van der Waals surface area contributed by atoms with E-state index < -0.39 is 15.9 Å². The lowest BCUT2D eigenvalue weighted by molar-refractivity contribution is 0.0941. The Hall–Kier alpha value is -2.26. The Labute approximate surface area is 109 Å². The molecule has 0 fully saturated rings. The molecule has 0 atom stereocenters. The SMILES string of the molecule is NS(=O)(=O)c1cccc(CNC(=O)c2ncn[nH]2)c1. The van der Waals surface area contributed by atoms with E-state index in [-0.39, 0.29) is 17.3 Å². The van der Waals surface area contributed by atoms with Gasteiger partial charge in [-0.15, -0.1) is 0 Å². The number of nitrogens with one attached hydrogen (secondary N) is 2. The molecule has 0 saturated heterocycles. The van der Waals surface area contributed by atoms with Crippen LogP contribution in [0.15, 0.2) is 35.5 Å². The summed E-state index contributed by atoms with van der Waals surface area (Å²) < 4.78 is 22.4. The number of primary sulfonamides is 1. The second-order valence-corrected chi connectivity index (χ2v) is 5.27. The number of benzene rings is 1. The highest BCUT2D eigenvalue weighted by molar-refractivity contribution is 7.89. The highest BCUT2D eigenvalue weighted by Gasteiger charge is 2.10. The minimum Gasteiger partial charge on any atom is -0.345 e. The second kappa shape index (κ2) is 5.16. The summed E-state index contributed by atoms with van der Waals surface area (Å²) >= 11 is 0. The minimum atomic E-state index is -3.75. The third-order valence-electron chi connectivity index (χ3n) is 2.31. The van der Waals surface area contributed by atoms with E-state index in [2.05, 4.69) is 20.5 Å². The van der Waals surface area contributed by atoms with Crippen molar-refractivity contribution in [1.82, 2.24) is 20.5 Å². The van der Waals surface area contributed by atoms with Gasteiger partial charge in [0, 0.05) is 6.54 Å². The Morgan fingerprint density at radius 2 is 2.21 bits per heavy atom. The Morgan fingerprint density at radius 1 is 1.42 bits per heavy atom. The molecule has 0 aliphatic carbocycles. The number of aromatic amines is 1. The lowest BCUT2D eigenvalue weighted by Crippen LogP contribution is -2.24. The number of H-pyrrole nitrogens is 1. The van der Waals surface area contributed by atoms with E-state index in [9.17, 15) is 13.2 Å². The first-order valence-corrected chi connectivity index (χ1v) is 6.77. The third-order valence-corrected chi connectivity index (χ3v) is 3.22. The maximum absolute atomic E-state index is 11.6. The predicted molar refractivity (Wildman–Crippen MR) is 65.4 cm³/mol. The zero-order valence-corrected chi connectivity index (χ0v) is 10.5. The average Bonchev–Trinajstić information content (AvgIpc) is 2.89. The summed E-state index contributed by atoms with van der Waals surface area (Å²) in [6.07, 6.45) is 1.22. The molecule has 1 heterocycles. The molecule has 0 aliphatic rings. The van der Waals surface area contributed by atoms with E-state index in [0.717, 1.165) is 0 Å². The van der Waals surface area contributed by atoms with Gasteiger partial charge >= 0.3 is 0 Å². The topological polar surface area (TPSA) is 131 Å². The summed E-state index contributed by atoms with van der Waals surface area (Å²) in [6, 6.07) is 6.01. The van der Waals surface area contributed by atoms with Crippen LogP contribution in [0.1, 0.15) is 16.2 Å². The van der Waals surface area contributed by atoms with Crippen LogP contribution in [0.3, 0.4) is 0 Å². The van der Waals surface area contributed by atoms with Gasteiger partial charge in [0.1, 0.15) is 6.33 Å². The predicted octanol–water partition coefficient (Wildman–Crippen LogP) is -0.618. The van der Waals surface area contributed by atoms with E-state index in [1.54, 1.807) is 12.1 Å². The lowest BCUT2D eigenvalue weighted by Gasteiger charge is -2.05. The number of hydrogen-bond acceptors (Lipinski definition) is 5. The number of carbonyl (C=O) groups excluding carboxylic acids is 1. The van der Waals surface area contributed by atoms with Gasteiger partial charge < -0.3 is 5.32 Å². The summed E-state index contributed by atoms with van der Waals surface area (Å²) in [5.41, 5.74) is 0.611. The van der Waals surface area contributed by atoms with Gasteiger partial charge in [-0.3, -0.25) is 9.89 Å². The molecule has 2 rings (SSSR count). The van der Waals surface area contributed by atoms with Crippen LogP contribution < -0.4 is 10.5 Å². The van der Waals surface area contributed by atoms with Crippen LogP contribution in [0.25, 0.3) is 0 Å². The van der Waals surface area contributed by atoms with Crippen molar-refractivity contribution in [3.8, 4) is 0 Å². The molecule has 0 unspecified atom stereocenters. The molecular formula is C10H11N5O3S. The summed E-state index contributed by atoms with van der Waals surface area (Å²) in [7, 11) is -3.75. The Kier molecular flexibility index (Phi) is 3.58. The summed E-state index contributed by atoms with van der Waals surface area (Å²) in [6.45, 7) is 0.156. The molecule has 1 aromatic heterocycles. The van der Waals surface area contributed by atoms with Gasteiger partial charge in [0.15, 0.2) is 0 Å². The average molecular weight is 281 g/mol. The molecule has 0 aliphatic heterocycles. The fourth-order valence-corrected chi connectivity index (χ4v) is 2.00. The smallest absolute Gasteiger partial charge is 0.288 e. The standard InChI is InChI=1S/C10H11N5O3S/c11-19(17,18)8-3-1-2-7(4-8)5-12-10(16)9-13-6-14-15-9/h1-4,6H,5H2,(H,12,16)(H2,11,17,18)(H,13,14,15). The van der Waals surface area contributed by atoms with Crippen molar-refractivity contribution < 1.29 is 13.2 Å². The second-order valence-electron chi connectivity index (χ2n) is 3.71. The van der Waals surface area contributed by atoms with Crippen LogP contribution in [0.2, 0.25) is 0 Å². The number of sulfonamides is 1. The first kappa shape index (κ1) is 13.2. The quantitative estimate of drug-likeness (QED) is 0.687. The Morgan fingerprint density at radius 3 is 2.84 bits per heavy atom. The molecular weight excluding hydrogens is 270 g/mol. The fourth-order valence-electron chi connectivity index (χ4n) is 1.41. The number of rotatable bonds is 4. The van der Waals surface area contributed by atoms with Crippen LogP contribution in [-0.2, 0) is 16.6 Å². The normalized spacial score (nSPS) is 11.2. The molecule has 0 saturated carbocycles. The summed E-state index contributed by atoms with van der Waals surface area (Å²) in [5.74, 6) is -0.346. The van der Waals surface area contributed by atoms with E-state index in [0.29, 0.717) is 5.56 Å². The maximum atomic E-state index is 11.6. The first-order chi connectivity index (χ1) is 8.97. The molecule has 4 N–H and O–H groups in total. The largest absolute Gasteiger partial charge is 0.345 e. The molecule has 8 nitrogen and oxygen atoms in total. The van der Waals surface area contributed by atoms with E-state index >= 15 is 0 Å². The third kappa shape index (κ3) is 3.36. The van der Waals surface area contributed by atoms with Crippen LogP contribution >= 0.6 is 0 Å². The highest BCUT2D eigenvalue weighted by atomic mass is 32.2. The molecule has 0 radical (unpaired) electrons. The van der Waals surface area contributed by atoms with Gasteiger partial charge in [-0.2, -0.15) is 5.10 Å². The van der Waals surface area contributed by atoms with Gasteiger partial charge in [-0.1, -0.05) is 12.1 Å². The van der Waals surface area contributed by atoms with Crippen LogP contribution in [0, 0.1) is 0 Å². The minimum absolute atomic E-state index is 0.00101. The van der Waals surface area contributed by atoms with Crippen molar-refractivity contribution in [3.05, 3.63) is 42.0 Å². The molecule has 1 amide bonds. The van der Waals surface area contributed by atoms with E-state index in [4.69, 9.17) is 5.14 Å². The fraction of sp³-hybridized carbons (Fsp3) is 0.100.